The first-order chi connectivity index (χ1) is 8.54. The average Bonchev–Trinajstić information content (AvgIpc) is 2.76. The molecule has 18 heavy (non-hydrogen) atoms. The summed E-state index contributed by atoms with van der Waals surface area (Å²) in [5, 5.41) is 9.48. The third-order valence-corrected chi connectivity index (χ3v) is 4.02. The van der Waals surface area contributed by atoms with Gasteiger partial charge in [0.1, 0.15) is 0 Å². The van der Waals surface area contributed by atoms with Crippen LogP contribution in [0.2, 0.25) is 0 Å². The van der Waals surface area contributed by atoms with Gasteiger partial charge < -0.3 is 5.11 Å². The van der Waals surface area contributed by atoms with Crippen LogP contribution in [0.1, 0.15) is 26.0 Å². The lowest BCUT2D eigenvalue weighted by Crippen LogP contribution is -2.39. The Morgan fingerprint density at radius 1 is 1.56 bits per heavy atom. The van der Waals surface area contributed by atoms with Crippen molar-refractivity contribution in [2.24, 2.45) is 11.3 Å². The highest BCUT2D eigenvalue weighted by atomic mass is 16.4. The van der Waals surface area contributed by atoms with Gasteiger partial charge in [-0.1, -0.05) is 19.9 Å². The lowest BCUT2D eigenvalue weighted by atomic mass is 9.76. The molecule has 1 aromatic rings. The predicted octanol–water partition coefficient (Wildman–Crippen LogP) is 2.01. The van der Waals surface area contributed by atoms with E-state index in [-0.39, 0.29) is 5.92 Å². The molecular weight excluding hydrogens is 228 g/mol. The Hall–Kier alpha value is -1.42. The number of aliphatic carboxylic acids is 1. The van der Waals surface area contributed by atoms with Crippen molar-refractivity contribution < 1.29 is 9.90 Å². The zero-order chi connectivity index (χ0) is 13.2. The van der Waals surface area contributed by atoms with E-state index >= 15 is 0 Å². The van der Waals surface area contributed by atoms with E-state index < -0.39 is 11.4 Å². The normalized spacial score (nSPS) is 24.6. The van der Waals surface area contributed by atoms with Gasteiger partial charge >= 0.3 is 5.97 Å². The van der Waals surface area contributed by atoms with E-state index in [1.807, 2.05) is 32.0 Å². The Morgan fingerprint density at radius 2 is 2.33 bits per heavy atom. The average molecular weight is 248 g/mol. The number of pyridine rings is 1. The van der Waals surface area contributed by atoms with Gasteiger partial charge in [0, 0.05) is 19.3 Å². The molecule has 4 heteroatoms. The summed E-state index contributed by atoms with van der Waals surface area (Å²) in [6.07, 6.45) is 2.51. The Kier molecular flexibility index (Phi) is 3.66. The molecule has 4 nitrogen and oxygen atoms in total. The number of hydrogen-bond donors (Lipinski definition) is 1. The van der Waals surface area contributed by atoms with Crippen molar-refractivity contribution >= 4 is 5.97 Å². The van der Waals surface area contributed by atoms with Crippen molar-refractivity contribution in [1.29, 1.82) is 0 Å². The van der Waals surface area contributed by atoms with Crippen LogP contribution in [0.4, 0.5) is 0 Å². The van der Waals surface area contributed by atoms with Gasteiger partial charge in [0.05, 0.1) is 11.1 Å². The summed E-state index contributed by atoms with van der Waals surface area (Å²) in [5.74, 6) is -0.509. The van der Waals surface area contributed by atoms with Crippen LogP contribution >= 0.6 is 0 Å². The molecule has 1 aliphatic heterocycles. The van der Waals surface area contributed by atoms with Gasteiger partial charge in [0.25, 0.3) is 0 Å². The second-order valence-electron chi connectivity index (χ2n) is 5.40. The first kappa shape index (κ1) is 13.0. The number of carbonyl (C=O) groups is 1. The smallest absolute Gasteiger partial charge is 0.311 e. The van der Waals surface area contributed by atoms with Gasteiger partial charge in [-0.05, 0) is 31.0 Å². The molecule has 1 unspecified atom stereocenters. The minimum atomic E-state index is -0.666. The number of rotatable bonds is 4. The highest BCUT2D eigenvalue weighted by molar-refractivity contribution is 5.75. The Labute approximate surface area is 108 Å². The summed E-state index contributed by atoms with van der Waals surface area (Å²) < 4.78 is 0. The van der Waals surface area contributed by atoms with E-state index in [0.29, 0.717) is 6.54 Å². The monoisotopic (exact) mass is 248 g/mol. The molecule has 0 amide bonds. The molecule has 0 aromatic carbocycles. The number of carboxylic acids is 1. The lowest BCUT2D eigenvalue weighted by molar-refractivity contribution is -0.151. The van der Waals surface area contributed by atoms with Crippen LogP contribution < -0.4 is 0 Å². The molecule has 2 rings (SSSR count). The molecule has 1 atom stereocenters. The molecule has 98 valence electrons. The van der Waals surface area contributed by atoms with E-state index in [4.69, 9.17) is 0 Å². The van der Waals surface area contributed by atoms with E-state index in [1.54, 1.807) is 6.20 Å². The zero-order valence-electron chi connectivity index (χ0n) is 11.0. The molecule has 0 spiro atoms. The SMILES string of the molecule is CC(C)C1(C(=O)O)CCN(Cc2ccccn2)C1. The van der Waals surface area contributed by atoms with Crippen LogP contribution in [-0.2, 0) is 11.3 Å². The maximum atomic E-state index is 11.5. The number of hydrogen-bond acceptors (Lipinski definition) is 3. The standard InChI is InChI=1S/C14H20N2O2/c1-11(2)14(13(17)18)6-8-16(10-14)9-12-5-3-4-7-15-12/h3-5,7,11H,6,8-10H2,1-2H3,(H,17,18). The number of likely N-dealkylation sites (tertiary alicyclic amines) is 1. The first-order valence-corrected chi connectivity index (χ1v) is 6.40. The highest BCUT2D eigenvalue weighted by Crippen LogP contribution is 2.38. The van der Waals surface area contributed by atoms with Gasteiger partial charge in [-0.3, -0.25) is 14.7 Å². The number of nitrogens with zero attached hydrogens (tertiary/aromatic N) is 2. The van der Waals surface area contributed by atoms with E-state index in [0.717, 1.165) is 25.2 Å². The third-order valence-electron chi connectivity index (χ3n) is 4.02. The van der Waals surface area contributed by atoms with Crippen LogP contribution in [0.3, 0.4) is 0 Å². The summed E-state index contributed by atoms with van der Waals surface area (Å²) in [5.41, 5.74) is 0.414. The molecule has 0 bridgehead atoms. The summed E-state index contributed by atoms with van der Waals surface area (Å²) in [7, 11) is 0. The van der Waals surface area contributed by atoms with Crippen molar-refractivity contribution in [3.63, 3.8) is 0 Å². The van der Waals surface area contributed by atoms with E-state index in [9.17, 15) is 9.90 Å². The first-order valence-electron chi connectivity index (χ1n) is 6.40. The molecule has 1 aliphatic rings. The molecule has 0 saturated carbocycles. The maximum absolute atomic E-state index is 11.5. The molecule has 2 heterocycles. The van der Waals surface area contributed by atoms with Crippen LogP contribution in [-0.4, -0.2) is 34.0 Å². The minimum absolute atomic E-state index is 0.156. The fraction of sp³-hybridized carbons (Fsp3) is 0.571. The van der Waals surface area contributed by atoms with Gasteiger partial charge in [-0.15, -0.1) is 0 Å². The molecule has 1 N–H and O–H groups in total. The van der Waals surface area contributed by atoms with E-state index in [2.05, 4.69) is 9.88 Å². The van der Waals surface area contributed by atoms with Crippen molar-refractivity contribution in [2.45, 2.75) is 26.8 Å². The van der Waals surface area contributed by atoms with Crippen LogP contribution in [0.5, 0.6) is 0 Å². The summed E-state index contributed by atoms with van der Waals surface area (Å²) >= 11 is 0. The molecular formula is C14H20N2O2. The van der Waals surface area contributed by atoms with Crippen LogP contribution in [0, 0.1) is 11.3 Å². The Balaban J connectivity index is 2.06. The number of aromatic nitrogens is 1. The fourth-order valence-electron chi connectivity index (χ4n) is 2.66. The summed E-state index contributed by atoms with van der Waals surface area (Å²) in [4.78, 5) is 18.0. The predicted molar refractivity (Wildman–Crippen MR) is 69.0 cm³/mol. The fourth-order valence-corrected chi connectivity index (χ4v) is 2.66. The van der Waals surface area contributed by atoms with Gasteiger partial charge in [0.2, 0.25) is 0 Å². The van der Waals surface area contributed by atoms with Crippen molar-refractivity contribution in [3.8, 4) is 0 Å². The van der Waals surface area contributed by atoms with Gasteiger partial charge in [0.15, 0.2) is 0 Å². The Morgan fingerprint density at radius 3 is 2.83 bits per heavy atom. The van der Waals surface area contributed by atoms with Crippen molar-refractivity contribution in [1.82, 2.24) is 9.88 Å². The maximum Gasteiger partial charge on any atom is 0.311 e. The van der Waals surface area contributed by atoms with Gasteiger partial charge in [-0.2, -0.15) is 0 Å². The molecule has 0 radical (unpaired) electrons. The highest BCUT2D eigenvalue weighted by Gasteiger charge is 2.47. The van der Waals surface area contributed by atoms with Crippen molar-refractivity contribution in [2.75, 3.05) is 13.1 Å². The topological polar surface area (TPSA) is 53.4 Å². The second-order valence-corrected chi connectivity index (χ2v) is 5.40. The second kappa shape index (κ2) is 5.06. The summed E-state index contributed by atoms with van der Waals surface area (Å²) in [6.45, 7) is 6.19. The van der Waals surface area contributed by atoms with Crippen LogP contribution in [0.15, 0.2) is 24.4 Å². The largest absolute Gasteiger partial charge is 0.481 e. The van der Waals surface area contributed by atoms with Crippen molar-refractivity contribution in [3.05, 3.63) is 30.1 Å². The van der Waals surface area contributed by atoms with E-state index in [1.165, 1.54) is 0 Å². The number of carboxylic acid groups (broad SMARTS) is 1. The molecule has 1 fully saturated rings. The lowest BCUT2D eigenvalue weighted by Gasteiger charge is -2.28. The van der Waals surface area contributed by atoms with Gasteiger partial charge in [-0.25, -0.2) is 0 Å². The van der Waals surface area contributed by atoms with Crippen LogP contribution in [0.25, 0.3) is 0 Å². The summed E-state index contributed by atoms with van der Waals surface area (Å²) in [6, 6.07) is 5.84. The Bertz CT molecular complexity index is 419. The zero-order valence-corrected chi connectivity index (χ0v) is 11.0. The minimum Gasteiger partial charge on any atom is -0.481 e. The third kappa shape index (κ3) is 2.38. The quantitative estimate of drug-likeness (QED) is 0.885. The molecule has 0 aliphatic carbocycles. The molecule has 1 aromatic heterocycles. The molecule has 1 saturated heterocycles.